The number of nitrogens with one attached hydrogen (secondary N) is 1. The summed E-state index contributed by atoms with van der Waals surface area (Å²) in [6.07, 6.45) is 3.48. The molecule has 1 aliphatic rings. The van der Waals surface area contributed by atoms with Crippen LogP contribution in [0, 0.1) is 5.92 Å². The minimum Gasteiger partial charge on any atom is -0.468 e. The van der Waals surface area contributed by atoms with Gasteiger partial charge >= 0.3 is 12.1 Å². The zero-order valence-corrected chi connectivity index (χ0v) is 19.1. The summed E-state index contributed by atoms with van der Waals surface area (Å²) < 4.78 is 10.4. The second-order valence-electron chi connectivity index (χ2n) is 9.00. The van der Waals surface area contributed by atoms with E-state index in [9.17, 15) is 9.59 Å². The second-order valence-corrected chi connectivity index (χ2v) is 9.00. The molecule has 1 aromatic rings. The van der Waals surface area contributed by atoms with Crippen LogP contribution in [0.3, 0.4) is 0 Å². The molecule has 0 bridgehead atoms. The number of ether oxygens (including phenoxy) is 2. The van der Waals surface area contributed by atoms with Crippen LogP contribution in [0.4, 0.5) is 4.79 Å². The number of nitrogens with zero attached hydrogens (tertiary/aromatic N) is 1. The summed E-state index contributed by atoms with van der Waals surface area (Å²) in [4.78, 5) is 26.5. The number of hydrogen-bond acceptors (Lipinski definition) is 5. The van der Waals surface area contributed by atoms with Gasteiger partial charge in [-0.1, -0.05) is 42.0 Å². The summed E-state index contributed by atoms with van der Waals surface area (Å²) in [5, 5.41) is 2.96. The Morgan fingerprint density at radius 2 is 1.87 bits per heavy atom. The van der Waals surface area contributed by atoms with Crippen molar-refractivity contribution in [1.82, 2.24) is 10.2 Å². The molecule has 6 nitrogen and oxygen atoms in total. The lowest BCUT2D eigenvalue weighted by Crippen LogP contribution is -2.42. The fourth-order valence-corrected chi connectivity index (χ4v) is 3.75. The lowest BCUT2D eigenvalue weighted by atomic mass is 9.94. The van der Waals surface area contributed by atoms with Crippen molar-refractivity contribution in [2.45, 2.75) is 65.1 Å². The minimum atomic E-state index is -0.537. The highest BCUT2D eigenvalue weighted by Gasteiger charge is 2.28. The molecule has 0 fully saturated rings. The van der Waals surface area contributed by atoms with Crippen molar-refractivity contribution in [2.24, 2.45) is 5.92 Å². The van der Waals surface area contributed by atoms with Crippen LogP contribution in [-0.2, 0) is 20.7 Å². The molecule has 0 spiro atoms. The minimum absolute atomic E-state index is 0.147. The van der Waals surface area contributed by atoms with Gasteiger partial charge in [-0.15, -0.1) is 0 Å². The molecule has 166 valence electrons. The first kappa shape index (κ1) is 23.9. The number of hydrogen-bond donors (Lipinski definition) is 1. The van der Waals surface area contributed by atoms with Gasteiger partial charge < -0.3 is 14.8 Å². The normalized spacial score (nSPS) is 19.8. The first-order chi connectivity index (χ1) is 14.1. The van der Waals surface area contributed by atoms with Crippen LogP contribution >= 0.6 is 0 Å². The molecule has 1 heterocycles. The third-order valence-electron chi connectivity index (χ3n) is 5.33. The Balaban J connectivity index is 2.17. The van der Waals surface area contributed by atoms with Crippen LogP contribution in [0.25, 0.3) is 0 Å². The molecule has 1 amide bonds. The molecule has 3 atom stereocenters. The molecule has 0 aliphatic carbocycles. The van der Waals surface area contributed by atoms with E-state index < -0.39 is 11.7 Å². The number of methoxy groups -OCH3 is 1. The number of benzene rings is 1. The SMILES string of the molecule is COC(=O)C(C)N1CCC(C(C)NC(=O)OC(C)(C)C)=CC(Cc2ccccc2)C1. The van der Waals surface area contributed by atoms with Crippen molar-refractivity contribution in [2.75, 3.05) is 20.2 Å². The predicted molar refractivity (Wildman–Crippen MR) is 118 cm³/mol. The van der Waals surface area contributed by atoms with Gasteiger partial charge in [-0.05, 0) is 58.9 Å². The number of alkyl carbamates (subject to hydrolysis) is 1. The summed E-state index contributed by atoms with van der Waals surface area (Å²) in [6.45, 7) is 10.9. The van der Waals surface area contributed by atoms with Crippen LogP contribution in [0.5, 0.6) is 0 Å². The van der Waals surface area contributed by atoms with Crippen molar-refractivity contribution in [3.8, 4) is 0 Å². The van der Waals surface area contributed by atoms with Crippen molar-refractivity contribution in [3.05, 3.63) is 47.5 Å². The van der Waals surface area contributed by atoms with E-state index in [1.54, 1.807) is 0 Å². The Hall–Kier alpha value is -2.34. The van der Waals surface area contributed by atoms with Crippen LogP contribution in [-0.4, -0.2) is 54.8 Å². The van der Waals surface area contributed by atoms with Crippen LogP contribution in [0.1, 0.15) is 46.6 Å². The van der Waals surface area contributed by atoms with Gasteiger partial charge in [0.15, 0.2) is 0 Å². The molecule has 0 saturated heterocycles. The number of carbonyl (C=O) groups is 2. The Morgan fingerprint density at radius 1 is 1.20 bits per heavy atom. The van der Waals surface area contributed by atoms with Gasteiger partial charge in [0.05, 0.1) is 13.2 Å². The maximum absolute atomic E-state index is 12.2. The molecule has 3 unspecified atom stereocenters. The van der Waals surface area contributed by atoms with E-state index in [1.807, 2.05) is 52.8 Å². The highest BCUT2D eigenvalue weighted by atomic mass is 16.6. The molecular formula is C24H36N2O4. The van der Waals surface area contributed by atoms with E-state index in [0.29, 0.717) is 0 Å². The molecule has 0 radical (unpaired) electrons. The summed E-state index contributed by atoms with van der Waals surface area (Å²) in [5.74, 6) is -0.00303. The summed E-state index contributed by atoms with van der Waals surface area (Å²) in [7, 11) is 1.43. The average Bonchev–Trinajstić information content (AvgIpc) is 2.88. The van der Waals surface area contributed by atoms with Gasteiger partial charge in [0.25, 0.3) is 0 Å². The number of rotatable bonds is 6. The monoisotopic (exact) mass is 416 g/mol. The largest absolute Gasteiger partial charge is 0.468 e. The molecule has 0 saturated carbocycles. The van der Waals surface area contributed by atoms with Gasteiger partial charge in [0.1, 0.15) is 11.6 Å². The fourth-order valence-electron chi connectivity index (χ4n) is 3.75. The molecule has 1 N–H and O–H groups in total. The van der Waals surface area contributed by atoms with E-state index >= 15 is 0 Å². The van der Waals surface area contributed by atoms with Gasteiger partial charge in [0, 0.05) is 13.1 Å². The maximum atomic E-state index is 12.2. The standard InChI is InChI=1S/C24H36N2O4/c1-17(25-23(28)30-24(3,4)5)21-12-13-26(18(2)22(27)29-6)16-20(15-21)14-19-10-8-7-9-11-19/h7-11,15,17-18,20H,12-14,16H2,1-6H3,(H,25,28). The van der Waals surface area contributed by atoms with Crippen molar-refractivity contribution >= 4 is 12.1 Å². The van der Waals surface area contributed by atoms with Gasteiger partial charge in [-0.3, -0.25) is 9.69 Å². The van der Waals surface area contributed by atoms with E-state index in [-0.39, 0.29) is 24.0 Å². The molecule has 1 aromatic carbocycles. The second kappa shape index (κ2) is 10.6. The topological polar surface area (TPSA) is 67.9 Å². The number of carbonyl (C=O) groups excluding carboxylic acids is 2. The summed E-state index contributed by atoms with van der Waals surface area (Å²) in [6, 6.07) is 9.87. The quantitative estimate of drug-likeness (QED) is 0.562. The first-order valence-electron chi connectivity index (χ1n) is 10.6. The maximum Gasteiger partial charge on any atom is 0.408 e. The third-order valence-corrected chi connectivity index (χ3v) is 5.33. The molecule has 6 heteroatoms. The smallest absolute Gasteiger partial charge is 0.408 e. The molecule has 0 aromatic heterocycles. The Bertz CT molecular complexity index is 739. The van der Waals surface area contributed by atoms with E-state index in [1.165, 1.54) is 12.7 Å². The number of esters is 1. The van der Waals surface area contributed by atoms with E-state index in [0.717, 1.165) is 31.5 Å². The van der Waals surface area contributed by atoms with Crippen LogP contribution in [0.2, 0.25) is 0 Å². The van der Waals surface area contributed by atoms with Gasteiger partial charge in [-0.25, -0.2) is 4.79 Å². The van der Waals surface area contributed by atoms with Crippen molar-refractivity contribution < 1.29 is 19.1 Å². The number of amides is 1. The zero-order chi connectivity index (χ0) is 22.3. The van der Waals surface area contributed by atoms with Crippen LogP contribution in [0.15, 0.2) is 42.0 Å². The first-order valence-corrected chi connectivity index (χ1v) is 10.6. The van der Waals surface area contributed by atoms with Gasteiger partial charge in [0.2, 0.25) is 0 Å². The third kappa shape index (κ3) is 7.48. The zero-order valence-electron chi connectivity index (χ0n) is 19.1. The Labute approximate surface area is 180 Å². The highest BCUT2D eigenvalue weighted by molar-refractivity contribution is 5.75. The van der Waals surface area contributed by atoms with Crippen LogP contribution < -0.4 is 5.32 Å². The Morgan fingerprint density at radius 3 is 2.47 bits per heavy atom. The van der Waals surface area contributed by atoms with Crippen molar-refractivity contribution in [1.29, 1.82) is 0 Å². The fraction of sp³-hybridized carbons (Fsp3) is 0.583. The molecule has 1 aliphatic heterocycles. The lowest BCUT2D eigenvalue weighted by Gasteiger charge is -2.28. The average molecular weight is 417 g/mol. The summed E-state index contributed by atoms with van der Waals surface area (Å²) in [5.41, 5.74) is 1.87. The molecule has 30 heavy (non-hydrogen) atoms. The predicted octanol–water partition coefficient (Wildman–Crippen LogP) is 3.95. The molecular weight excluding hydrogens is 380 g/mol. The van der Waals surface area contributed by atoms with Crippen molar-refractivity contribution in [3.63, 3.8) is 0 Å². The Kier molecular flexibility index (Phi) is 8.47. The van der Waals surface area contributed by atoms with Gasteiger partial charge in [-0.2, -0.15) is 0 Å². The molecule has 2 rings (SSSR count). The summed E-state index contributed by atoms with van der Waals surface area (Å²) >= 11 is 0. The lowest BCUT2D eigenvalue weighted by molar-refractivity contribution is -0.146. The van der Waals surface area contributed by atoms with E-state index in [4.69, 9.17) is 9.47 Å². The van der Waals surface area contributed by atoms with E-state index in [2.05, 4.69) is 28.4 Å². The highest BCUT2D eigenvalue weighted by Crippen LogP contribution is 2.23.